The maximum absolute atomic E-state index is 12.3. The molecule has 5 nitrogen and oxygen atoms in total. The molecule has 2 N–H and O–H groups in total. The van der Waals surface area contributed by atoms with Crippen LogP contribution in [0.15, 0.2) is 5.38 Å². The Kier molecular flexibility index (Phi) is 4.50. The van der Waals surface area contributed by atoms with E-state index < -0.39 is 17.8 Å². The van der Waals surface area contributed by atoms with Gasteiger partial charge in [-0.3, -0.25) is 9.59 Å². The second kappa shape index (κ2) is 6.00. The monoisotopic (exact) mass is 321 g/mol. The summed E-state index contributed by atoms with van der Waals surface area (Å²) in [5.41, 5.74) is -1.03. The van der Waals surface area contributed by atoms with Crippen molar-refractivity contribution in [2.45, 2.75) is 25.9 Å². The number of carbonyl (C=O) groups excluding carboxylic acids is 2. The van der Waals surface area contributed by atoms with Gasteiger partial charge in [0.15, 0.2) is 10.8 Å². The summed E-state index contributed by atoms with van der Waals surface area (Å²) < 4.78 is 37.0. The van der Waals surface area contributed by atoms with Gasteiger partial charge >= 0.3 is 6.18 Å². The molecule has 9 heteroatoms. The van der Waals surface area contributed by atoms with Gasteiger partial charge in [0.1, 0.15) is 0 Å². The number of rotatable bonds is 5. The zero-order chi connectivity index (χ0) is 15.6. The lowest BCUT2D eigenvalue weighted by Crippen LogP contribution is -2.29. The molecule has 0 bridgehead atoms. The number of nitrogens with zero attached hydrogens (tertiary/aromatic N) is 1. The van der Waals surface area contributed by atoms with E-state index in [0.29, 0.717) is 17.3 Å². The van der Waals surface area contributed by atoms with Gasteiger partial charge in [-0.25, -0.2) is 4.98 Å². The van der Waals surface area contributed by atoms with Crippen LogP contribution in [0, 0.1) is 11.8 Å². The number of alkyl halides is 3. The van der Waals surface area contributed by atoms with Gasteiger partial charge in [-0.05, 0) is 12.3 Å². The van der Waals surface area contributed by atoms with Gasteiger partial charge in [-0.1, -0.05) is 6.92 Å². The van der Waals surface area contributed by atoms with E-state index in [0.717, 1.165) is 11.8 Å². The Balaban J connectivity index is 1.72. The summed E-state index contributed by atoms with van der Waals surface area (Å²) in [6.07, 6.45) is -3.67. The van der Waals surface area contributed by atoms with Crippen LogP contribution in [0.3, 0.4) is 0 Å². The van der Waals surface area contributed by atoms with E-state index in [4.69, 9.17) is 0 Å². The van der Waals surface area contributed by atoms with Crippen LogP contribution in [0.25, 0.3) is 0 Å². The SMILES string of the molecule is CC1CC1C(=O)NCCC(=O)Nc1nc(C(F)(F)F)cs1. The minimum atomic E-state index is -4.52. The summed E-state index contributed by atoms with van der Waals surface area (Å²) in [5.74, 6) is -0.151. The summed E-state index contributed by atoms with van der Waals surface area (Å²) >= 11 is 0.709. The molecule has 0 aliphatic heterocycles. The smallest absolute Gasteiger partial charge is 0.355 e. The van der Waals surface area contributed by atoms with E-state index in [1.54, 1.807) is 0 Å². The molecule has 21 heavy (non-hydrogen) atoms. The standard InChI is InChI=1S/C12H14F3N3O2S/c1-6-4-7(6)10(20)16-3-2-9(19)18-11-17-8(5-21-11)12(13,14)15/h5-7H,2-4H2,1H3,(H,16,20)(H,17,18,19). The molecule has 2 atom stereocenters. The number of hydrogen-bond donors (Lipinski definition) is 2. The Hall–Kier alpha value is -1.64. The molecular formula is C12H14F3N3O2S. The van der Waals surface area contributed by atoms with Gasteiger partial charge in [0.25, 0.3) is 0 Å². The van der Waals surface area contributed by atoms with Gasteiger partial charge in [0, 0.05) is 24.3 Å². The molecule has 116 valence electrons. The third-order valence-corrected chi connectivity index (χ3v) is 3.90. The summed E-state index contributed by atoms with van der Waals surface area (Å²) in [6, 6.07) is 0. The summed E-state index contributed by atoms with van der Waals surface area (Å²) in [5, 5.41) is 5.64. The number of halogens is 3. The highest BCUT2D eigenvalue weighted by Gasteiger charge is 2.38. The lowest BCUT2D eigenvalue weighted by atomic mass is 10.3. The van der Waals surface area contributed by atoms with E-state index in [1.807, 2.05) is 6.92 Å². The molecule has 0 spiro atoms. The molecule has 1 aliphatic rings. The van der Waals surface area contributed by atoms with Crippen molar-refractivity contribution in [1.29, 1.82) is 0 Å². The second-order valence-corrected chi connectivity index (χ2v) is 5.80. The Morgan fingerprint density at radius 2 is 2.14 bits per heavy atom. The molecular weight excluding hydrogens is 307 g/mol. The molecule has 2 rings (SSSR count). The highest BCUT2D eigenvalue weighted by molar-refractivity contribution is 7.13. The van der Waals surface area contributed by atoms with E-state index in [-0.39, 0.29) is 29.9 Å². The first-order valence-electron chi connectivity index (χ1n) is 6.37. The third kappa shape index (κ3) is 4.42. The third-order valence-electron chi connectivity index (χ3n) is 3.14. The van der Waals surface area contributed by atoms with Crippen LogP contribution in [0.2, 0.25) is 0 Å². The number of amides is 2. The highest BCUT2D eigenvalue weighted by Crippen LogP contribution is 2.37. The van der Waals surface area contributed by atoms with Crippen molar-refractivity contribution in [2.75, 3.05) is 11.9 Å². The zero-order valence-electron chi connectivity index (χ0n) is 11.2. The molecule has 2 unspecified atom stereocenters. The number of aromatic nitrogens is 1. The van der Waals surface area contributed by atoms with Crippen LogP contribution in [0.4, 0.5) is 18.3 Å². The van der Waals surface area contributed by atoms with Crippen LogP contribution in [-0.4, -0.2) is 23.3 Å². The summed E-state index contributed by atoms with van der Waals surface area (Å²) in [6.45, 7) is 2.13. The normalized spacial score (nSPS) is 21.0. The maximum Gasteiger partial charge on any atom is 0.434 e. The first-order valence-corrected chi connectivity index (χ1v) is 7.25. The van der Waals surface area contributed by atoms with E-state index in [9.17, 15) is 22.8 Å². The van der Waals surface area contributed by atoms with Crippen LogP contribution in [0.5, 0.6) is 0 Å². The van der Waals surface area contributed by atoms with Gasteiger partial charge < -0.3 is 10.6 Å². The topological polar surface area (TPSA) is 71.1 Å². The number of thiazole rings is 1. The molecule has 0 saturated heterocycles. The Morgan fingerprint density at radius 3 is 2.67 bits per heavy atom. The molecule has 2 amide bonds. The predicted molar refractivity (Wildman–Crippen MR) is 70.6 cm³/mol. The molecule has 1 aromatic rings. The molecule has 0 radical (unpaired) electrons. The molecule has 1 heterocycles. The van der Waals surface area contributed by atoms with Crippen LogP contribution < -0.4 is 10.6 Å². The molecule has 0 aromatic carbocycles. The first kappa shape index (κ1) is 15.7. The fourth-order valence-corrected chi connectivity index (χ4v) is 2.49. The number of anilines is 1. The maximum atomic E-state index is 12.3. The average molecular weight is 321 g/mol. The lowest BCUT2D eigenvalue weighted by Gasteiger charge is -2.04. The van der Waals surface area contributed by atoms with Gasteiger partial charge in [0.05, 0.1) is 0 Å². The lowest BCUT2D eigenvalue weighted by molar-refractivity contribution is -0.140. The minimum Gasteiger partial charge on any atom is -0.355 e. The summed E-state index contributed by atoms with van der Waals surface area (Å²) in [4.78, 5) is 26.3. The second-order valence-electron chi connectivity index (χ2n) is 4.94. The molecule has 1 aliphatic carbocycles. The van der Waals surface area contributed by atoms with E-state index >= 15 is 0 Å². The molecule has 1 saturated carbocycles. The van der Waals surface area contributed by atoms with Crippen molar-refractivity contribution in [2.24, 2.45) is 11.8 Å². The largest absolute Gasteiger partial charge is 0.434 e. The van der Waals surface area contributed by atoms with E-state index in [2.05, 4.69) is 15.6 Å². The zero-order valence-corrected chi connectivity index (χ0v) is 12.0. The Labute approximate surface area is 122 Å². The van der Waals surface area contributed by atoms with Crippen LogP contribution in [0.1, 0.15) is 25.5 Å². The van der Waals surface area contributed by atoms with Crippen molar-refractivity contribution in [3.05, 3.63) is 11.1 Å². The highest BCUT2D eigenvalue weighted by atomic mass is 32.1. The fraction of sp³-hybridized carbons (Fsp3) is 0.583. The molecule has 1 fully saturated rings. The van der Waals surface area contributed by atoms with Gasteiger partial charge in [-0.15, -0.1) is 11.3 Å². The number of carbonyl (C=O) groups is 2. The number of nitrogens with one attached hydrogen (secondary N) is 2. The van der Waals surface area contributed by atoms with Crippen molar-refractivity contribution in [3.8, 4) is 0 Å². The minimum absolute atomic E-state index is 0.00618. The van der Waals surface area contributed by atoms with Crippen molar-refractivity contribution in [1.82, 2.24) is 10.3 Å². The quantitative estimate of drug-likeness (QED) is 0.874. The van der Waals surface area contributed by atoms with E-state index in [1.165, 1.54) is 0 Å². The fourth-order valence-electron chi connectivity index (χ4n) is 1.76. The first-order chi connectivity index (χ1) is 9.77. The average Bonchev–Trinajstić information content (AvgIpc) is 2.90. The summed E-state index contributed by atoms with van der Waals surface area (Å²) in [7, 11) is 0. The van der Waals surface area contributed by atoms with Crippen molar-refractivity contribution >= 4 is 28.3 Å². The van der Waals surface area contributed by atoms with Crippen LogP contribution in [-0.2, 0) is 15.8 Å². The van der Waals surface area contributed by atoms with Crippen molar-refractivity contribution in [3.63, 3.8) is 0 Å². The predicted octanol–water partition coefficient (Wildman–Crippen LogP) is 2.26. The number of hydrogen-bond acceptors (Lipinski definition) is 4. The molecule has 1 aromatic heterocycles. The Bertz CT molecular complexity index is 544. The van der Waals surface area contributed by atoms with Crippen molar-refractivity contribution < 1.29 is 22.8 Å². The Morgan fingerprint density at radius 1 is 1.48 bits per heavy atom. The van der Waals surface area contributed by atoms with Gasteiger partial charge in [-0.2, -0.15) is 13.2 Å². The van der Waals surface area contributed by atoms with Gasteiger partial charge in [0.2, 0.25) is 11.8 Å². The van der Waals surface area contributed by atoms with Crippen LogP contribution >= 0.6 is 11.3 Å².